The van der Waals surface area contributed by atoms with Crippen LogP contribution in [0.15, 0.2) is 39.9 Å². The van der Waals surface area contributed by atoms with Crippen molar-refractivity contribution >= 4 is 16.9 Å². The van der Waals surface area contributed by atoms with E-state index in [-0.39, 0.29) is 0 Å². The lowest BCUT2D eigenvalue weighted by atomic mass is 10.2. The third-order valence-electron chi connectivity index (χ3n) is 3.13. The van der Waals surface area contributed by atoms with Crippen molar-refractivity contribution in [3.05, 3.63) is 57.0 Å². The molecule has 0 saturated carbocycles. The molecule has 21 heavy (non-hydrogen) atoms. The summed E-state index contributed by atoms with van der Waals surface area (Å²) in [5, 5.41) is 3.30. The van der Waals surface area contributed by atoms with Gasteiger partial charge in [0.15, 0.2) is 5.65 Å². The van der Waals surface area contributed by atoms with Crippen molar-refractivity contribution in [2.75, 3.05) is 11.9 Å². The second kappa shape index (κ2) is 5.66. The molecule has 0 atom stereocenters. The molecule has 0 spiro atoms. The number of fused-ring (bicyclic) bond motifs is 1. The van der Waals surface area contributed by atoms with Gasteiger partial charge in [-0.15, -0.1) is 0 Å². The normalized spacial score (nSPS) is 10.9. The maximum Gasteiger partial charge on any atom is 0.327 e. The zero-order valence-corrected chi connectivity index (χ0v) is 11.3. The minimum atomic E-state index is -0.545. The maximum absolute atomic E-state index is 11.6. The second-order valence-electron chi connectivity index (χ2n) is 4.71. The molecule has 108 valence electrons. The number of imidazole rings is 1. The minimum absolute atomic E-state index is 0.301. The van der Waals surface area contributed by atoms with Gasteiger partial charge in [-0.2, -0.15) is 0 Å². The first kappa shape index (κ1) is 13.2. The average Bonchev–Trinajstić information content (AvgIpc) is 2.88. The van der Waals surface area contributed by atoms with E-state index in [0.717, 1.165) is 18.7 Å². The fourth-order valence-electron chi connectivity index (χ4n) is 2.14. The van der Waals surface area contributed by atoms with Gasteiger partial charge in [0.05, 0.1) is 0 Å². The average molecular weight is 285 g/mol. The first-order chi connectivity index (χ1) is 10.2. The standard InChI is InChI=1S/C14H15N5O2/c20-13-11-12(18-14(21)19-13)17-10(16-11)7-4-8-15-9-5-2-1-3-6-9/h1-3,5-6,15H,4,7-8H2,(H3,16,17,18,19,20,21). The summed E-state index contributed by atoms with van der Waals surface area (Å²) in [6, 6.07) is 9.93. The van der Waals surface area contributed by atoms with Crippen molar-refractivity contribution in [1.29, 1.82) is 0 Å². The molecule has 0 bridgehead atoms. The van der Waals surface area contributed by atoms with E-state index >= 15 is 0 Å². The Balaban J connectivity index is 1.62. The number of anilines is 1. The fourth-order valence-corrected chi connectivity index (χ4v) is 2.14. The summed E-state index contributed by atoms with van der Waals surface area (Å²) >= 11 is 0. The molecule has 4 N–H and O–H groups in total. The van der Waals surface area contributed by atoms with Crippen LogP contribution in [0.4, 0.5) is 5.69 Å². The number of benzene rings is 1. The molecule has 0 aliphatic heterocycles. The highest BCUT2D eigenvalue weighted by Gasteiger charge is 2.07. The summed E-state index contributed by atoms with van der Waals surface area (Å²) in [6.45, 7) is 0.800. The molecule has 7 nitrogen and oxygen atoms in total. The van der Waals surface area contributed by atoms with Crippen molar-refractivity contribution in [2.45, 2.75) is 12.8 Å². The number of aromatic nitrogens is 4. The highest BCUT2D eigenvalue weighted by Crippen LogP contribution is 2.07. The SMILES string of the molecule is O=c1[nH]c(=O)c2[nH]c(CCCNc3ccccc3)nc2[nH]1. The zero-order valence-electron chi connectivity index (χ0n) is 11.3. The molecule has 1 aromatic carbocycles. The summed E-state index contributed by atoms with van der Waals surface area (Å²) in [4.78, 5) is 34.5. The van der Waals surface area contributed by atoms with Crippen LogP contribution in [0.25, 0.3) is 11.2 Å². The molecule has 0 aliphatic carbocycles. The molecule has 0 unspecified atom stereocenters. The van der Waals surface area contributed by atoms with E-state index < -0.39 is 11.2 Å². The van der Waals surface area contributed by atoms with Crippen LogP contribution < -0.4 is 16.6 Å². The van der Waals surface area contributed by atoms with Crippen LogP contribution >= 0.6 is 0 Å². The molecule has 0 radical (unpaired) electrons. The van der Waals surface area contributed by atoms with Crippen LogP contribution in [-0.4, -0.2) is 26.5 Å². The Morgan fingerprint density at radius 2 is 1.86 bits per heavy atom. The van der Waals surface area contributed by atoms with Crippen molar-refractivity contribution in [1.82, 2.24) is 19.9 Å². The monoisotopic (exact) mass is 285 g/mol. The van der Waals surface area contributed by atoms with Gasteiger partial charge in [-0.25, -0.2) is 9.78 Å². The predicted octanol–water partition coefficient (Wildman–Crippen LogP) is 0.984. The number of hydrogen-bond acceptors (Lipinski definition) is 4. The molecule has 0 saturated heterocycles. The summed E-state index contributed by atoms with van der Waals surface area (Å²) in [5.74, 6) is 0.687. The van der Waals surface area contributed by atoms with Crippen LogP contribution in [-0.2, 0) is 6.42 Å². The molecular formula is C14H15N5O2. The van der Waals surface area contributed by atoms with E-state index in [1.54, 1.807) is 0 Å². The third kappa shape index (κ3) is 3.02. The fraction of sp³-hybridized carbons (Fsp3) is 0.214. The highest BCUT2D eigenvalue weighted by atomic mass is 16.2. The van der Waals surface area contributed by atoms with Crippen LogP contribution in [0, 0.1) is 0 Å². The summed E-state index contributed by atoms with van der Waals surface area (Å²) in [6.07, 6.45) is 1.55. The lowest BCUT2D eigenvalue weighted by molar-refractivity contribution is 0.819. The topological polar surface area (TPSA) is 106 Å². The Morgan fingerprint density at radius 1 is 1.05 bits per heavy atom. The van der Waals surface area contributed by atoms with Gasteiger partial charge in [0, 0.05) is 18.7 Å². The lowest BCUT2D eigenvalue weighted by Crippen LogP contribution is -2.21. The van der Waals surface area contributed by atoms with E-state index in [0.29, 0.717) is 23.4 Å². The van der Waals surface area contributed by atoms with Crippen LogP contribution in [0.3, 0.4) is 0 Å². The van der Waals surface area contributed by atoms with Crippen molar-refractivity contribution in [2.24, 2.45) is 0 Å². The van der Waals surface area contributed by atoms with E-state index in [2.05, 4.69) is 25.3 Å². The van der Waals surface area contributed by atoms with Crippen molar-refractivity contribution in [3.63, 3.8) is 0 Å². The van der Waals surface area contributed by atoms with Gasteiger partial charge in [0.2, 0.25) is 0 Å². The Labute approximate surface area is 119 Å². The highest BCUT2D eigenvalue weighted by molar-refractivity contribution is 5.68. The van der Waals surface area contributed by atoms with Crippen LogP contribution in [0.2, 0.25) is 0 Å². The van der Waals surface area contributed by atoms with Crippen LogP contribution in [0.1, 0.15) is 12.2 Å². The third-order valence-corrected chi connectivity index (χ3v) is 3.13. The van der Waals surface area contributed by atoms with Crippen LogP contribution in [0.5, 0.6) is 0 Å². The number of aryl methyl sites for hydroxylation is 1. The van der Waals surface area contributed by atoms with Gasteiger partial charge in [0.1, 0.15) is 11.3 Å². The van der Waals surface area contributed by atoms with E-state index in [4.69, 9.17) is 0 Å². The van der Waals surface area contributed by atoms with Crippen molar-refractivity contribution in [3.8, 4) is 0 Å². The number of para-hydroxylation sites is 1. The maximum atomic E-state index is 11.6. The van der Waals surface area contributed by atoms with Gasteiger partial charge >= 0.3 is 5.69 Å². The number of rotatable bonds is 5. The number of H-pyrrole nitrogens is 3. The van der Waals surface area contributed by atoms with Gasteiger partial charge in [-0.3, -0.25) is 14.8 Å². The molecule has 2 aromatic heterocycles. The molecule has 7 heteroatoms. The van der Waals surface area contributed by atoms with E-state index in [1.807, 2.05) is 30.3 Å². The van der Waals surface area contributed by atoms with Gasteiger partial charge in [-0.05, 0) is 18.6 Å². The lowest BCUT2D eigenvalue weighted by Gasteiger charge is -2.04. The smallest absolute Gasteiger partial charge is 0.327 e. The van der Waals surface area contributed by atoms with Gasteiger partial charge < -0.3 is 10.3 Å². The summed E-state index contributed by atoms with van der Waals surface area (Å²) < 4.78 is 0. The first-order valence-electron chi connectivity index (χ1n) is 6.72. The van der Waals surface area contributed by atoms with Gasteiger partial charge in [0.25, 0.3) is 5.56 Å². The molecule has 0 fully saturated rings. The Bertz CT molecular complexity index is 847. The Kier molecular flexibility index (Phi) is 3.55. The van der Waals surface area contributed by atoms with E-state index in [1.165, 1.54) is 0 Å². The number of nitrogens with zero attached hydrogens (tertiary/aromatic N) is 1. The second-order valence-corrected chi connectivity index (χ2v) is 4.71. The Morgan fingerprint density at radius 3 is 2.67 bits per heavy atom. The summed E-state index contributed by atoms with van der Waals surface area (Å²) in [5.41, 5.74) is 0.685. The molecule has 0 aliphatic rings. The zero-order chi connectivity index (χ0) is 14.7. The molecular weight excluding hydrogens is 270 g/mol. The van der Waals surface area contributed by atoms with Crippen molar-refractivity contribution < 1.29 is 0 Å². The largest absolute Gasteiger partial charge is 0.385 e. The minimum Gasteiger partial charge on any atom is -0.385 e. The molecule has 3 aromatic rings. The quantitative estimate of drug-likeness (QED) is 0.524. The first-order valence-corrected chi connectivity index (χ1v) is 6.72. The Hall–Kier alpha value is -2.83. The number of aromatic amines is 3. The molecule has 3 rings (SSSR count). The predicted molar refractivity (Wildman–Crippen MR) is 80.6 cm³/mol. The number of hydrogen-bond donors (Lipinski definition) is 4. The number of nitrogens with one attached hydrogen (secondary N) is 4. The molecule has 0 amide bonds. The molecule has 2 heterocycles. The van der Waals surface area contributed by atoms with Gasteiger partial charge in [-0.1, -0.05) is 18.2 Å². The van der Waals surface area contributed by atoms with E-state index in [9.17, 15) is 9.59 Å². The summed E-state index contributed by atoms with van der Waals surface area (Å²) in [7, 11) is 0.